The first-order valence-corrected chi connectivity index (χ1v) is 5.13. The summed E-state index contributed by atoms with van der Waals surface area (Å²) in [5, 5.41) is 0.866. The zero-order valence-electron chi connectivity index (χ0n) is 8.13. The van der Waals surface area contributed by atoms with Gasteiger partial charge in [0.05, 0.1) is 12.0 Å². The zero-order valence-corrected chi connectivity index (χ0v) is 9.70. The summed E-state index contributed by atoms with van der Waals surface area (Å²) in [6.45, 7) is 3.25. The van der Waals surface area contributed by atoms with E-state index in [9.17, 15) is 4.79 Å². The summed E-state index contributed by atoms with van der Waals surface area (Å²) in [6.07, 6.45) is 1.71. The second-order valence-corrected chi connectivity index (χ2v) is 4.07. The minimum Gasteiger partial charge on any atom is -0.473 e. The van der Waals surface area contributed by atoms with E-state index in [1.807, 2.05) is 0 Å². The minimum absolute atomic E-state index is 0.0217. The summed E-state index contributed by atoms with van der Waals surface area (Å²) in [7, 11) is 1.53. The van der Waals surface area contributed by atoms with Crippen LogP contribution >= 0.6 is 22.9 Å². The molecule has 0 saturated heterocycles. The van der Waals surface area contributed by atoms with Crippen molar-refractivity contribution >= 4 is 34.8 Å². The molecule has 0 radical (unpaired) electrons. The van der Waals surface area contributed by atoms with E-state index >= 15 is 0 Å². The van der Waals surface area contributed by atoms with Gasteiger partial charge in [0, 0.05) is 0 Å². The van der Waals surface area contributed by atoms with Crippen LogP contribution in [0.4, 0.5) is 0 Å². The van der Waals surface area contributed by atoms with Crippen LogP contribution in [0.5, 0.6) is 5.19 Å². The molecule has 0 fully saturated rings. The number of carbonyl (C=O) groups is 1. The van der Waals surface area contributed by atoms with E-state index in [-0.39, 0.29) is 5.78 Å². The summed E-state index contributed by atoms with van der Waals surface area (Å²) in [5.41, 5.74) is 0.651. The molecule has 1 heterocycles. The molecular formula is C9H10ClNO2S. The molecule has 0 amide bonds. The molecule has 14 heavy (non-hydrogen) atoms. The highest BCUT2D eigenvalue weighted by molar-refractivity contribution is 7.14. The number of thiazole rings is 1. The third-order valence-electron chi connectivity index (χ3n) is 1.67. The number of hydrogen-bond donors (Lipinski definition) is 0. The van der Waals surface area contributed by atoms with Crippen LogP contribution in [0.15, 0.2) is 5.57 Å². The maximum absolute atomic E-state index is 11.0. The second-order valence-electron chi connectivity index (χ2n) is 2.72. The number of Topliss-reactive ketones (excluding diaryl/α,β-unsaturated/α-hetero) is 1. The smallest absolute Gasteiger partial charge is 0.274 e. The fourth-order valence-electron chi connectivity index (χ4n) is 0.769. The van der Waals surface area contributed by atoms with Crippen molar-refractivity contribution in [2.45, 2.75) is 13.8 Å². The van der Waals surface area contributed by atoms with Crippen molar-refractivity contribution < 1.29 is 9.53 Å². The van der Waals surface area contributed by atoms with Gasteiger partial charge in [-0.25, -0.2) is 0 Å². The van der Waals surface area contributed by atoms with Crippen LogP contribution < -0.4 is 4.74 Å². The number of ketones is 1. The fraction of sp³-hybridized carbons (Fsp3) is 0.333. The molecule has 1 rings (SSSR count). The van der Waals surface area contributed by atoms with Crippen molar-refractivity contribution in [3.63, 3.8) is 0 Å². The lowest BCUT2D eigenvalue weighted by molar-refractivity contribution is -0.113. The van der Waals surface area contributed by atoms with Crippen molar-refractivity contribution in [2.75, 3.05) is 7.11 Å². The van der Waals surface area contributed by atoms with E-state index in [0.717, 1.165) is 4.88 Å². The van der Waals surface area contributed by atoms with Crippen LogP contribution in [-0.4, -0.2) is 17.9 Å². The normalized spacial score (nSPS) is 11.6. The van der Waals surface area contributed by atoms with Gasteiger partial charge >= 0.3 is 0 Å². The standard InChI is InChI=1S/C9H10ClNO2S/c1-5(6(2)12)4-7-8(10)11-9(13-3)14-7/h4H,1-3H3/b5-4-. The topological polar surface area (TPSA) is 39.2 Å². The van der Waals surface area contributed by atoms with Crippen LogP contribution in [0, 0.1) is 0 Å². The Morgan fingerprint density at radius 3 is 2.64 bits per heavy atom. The average Bonchev–Trinajstić information content (AvgIpc) is 2.47. The third-order valence-corrected chi connectivity index (χ3v) is 3.03. The second kappa shape index (κ2) is 4.57. The van der Waals surface area contributed by atoms with Crippen LogP contribution in [0.25, 0.3) is 6.08 Å². The van der Waals surface area contributed by atoms with Crippen molar-refractivity contribution in [3.05, 3.63) is 15.6 Å². The van der Waals surface area contributed by atoms with Gasteiger partial charge in [-0.1, -0.05) is 22.9 Å². The van der Waals surface area contributed by atoms with Crippen LogP contribution in [0.2, 0.25) is 5.15 Å². The summed E-state index contributed by atoms with van der Waals surface area (Å²) in [5.74, 6) is 0.0217. The van der Waals surface area contributed by atoms with Crippen molar-refractivity contribution in [1.29, 1.82) is 0 Å². The Bertz CT molecular complexity index is 384. The van der Waals surface area contributed by atoms with E-state index in [0.29, 0.717) is 15.9 Å². The largest absolute Gasteiger partial charge is 0.473 e. The van der Waals surface area contributed by atoms with Gasteiger partial charge in [0.25, 0.3) is 5.19 Å². The number of ether oxygens (including phenoxy) is 1. The molecule has 1 aromatic rings. The number of rotatable bonds is 3. The highest BCUT2D eigenvalue weighted by atomic mass is 35.5. The molecule has 1 aromatic heterocycles. The lowest BCUT2D eigenvalue weighted by atomic mass is 10.2. The van der Waals surface area contributed by atoms with E-state index in [4.69, 9.17) is 16.3 Å². The molecule has 0 bridgehead atoms. The molecule has 5 heteroatoms. The molecule has 0 atom stereocenters. The molecule has 0 aliphatic heterocycles. The molecule has 0 saturated carbocycles. The van der Waals surface area contributed by atoms with Gasteiger partial charge in [-0.3, -0.25) is 4.79 Å². The molecule has 0 unspecified atom stereocenters. The van der Waals surface area contributed by atoms with Crippen molar-refractivity contribution in [2.24, 2.45) is 0 Å². The predicted molar refractivity (Wildman–Crippen MR) is 58.0 cm³/mol. The monoisotopic (exact) mass is 231 g/mol. The fourth-order valence-corrected chi connectivity index (χ4v) is 1.84. The Balaban J connectivity index is 3.02. The van der Waals surface area contributed by atoms with Crippen LogP contribution in [-0.2, 0) is 4.79 Å². The Kier molecular flexibility index (Phi) is 3.66. The zero-order chi connectivity index (χ0) is 10.7. The lowest BCUT2D eigenvalue weighted by Gasteiger charge is -1.91. The van der Waals surface area contributed by atoms with Gasteiger partial charge in [-0.2, -0.15) is 4.98 Å². The summed E-state index contributed by atoms with van der Waals surface area (Å²) < 4.78 is 4.93. The first-order valence-electron chi connectivity index (χ1n) is 3.94. The number of nitrogens with zero attached hydrogens (tertiary/aromatic N) is 1. The SMILES string of the molecule is COc1nc(Cl)c(/C=C(/C)C(C)=O)s1. The first-order chi connectivity index (χ1) is 6.54. The lowest BCUT2D eigenvalue weighted by Crippen LogP contribution is -1.89. The Morgan fingerprint density at radius 1 is 1.57 bits per heavy atom. The summed E-state index contributed by atoms with van der Waals surface area (Å²) in [4.78, 5) is 15.7. The Hall–Kier alpha value is -0.870. The molecule has 76 valence electrons. The highest BCUT2D eigenvalue weighted by Gasteiger charge is 2.08. The van der Waals surface area contributed by atoms with Crippen molar-refractivity contribution in [1.82, 2.24) is 4.98 Å². The molecular weight excluding hydrogens is 222 g/mol. The van der Waals surface area contributed by atoms with Crippen LogP contribution in [0.1, 0.15) is 18.7 Å². The predicted octanol–water partition coefficient (Wildman–Crippen LogP) is 2.80. The number of carbonyl (C=O) groups excluding carboxylic acids is 1. The van der Waals surface area contributed by atoms with E-state index in [2.05, 4.69) is 4.98 Å². The quantitative estimate of drug-likeness (QED) is 0.751. The molecule has 0 N–H and O–H groups in total. The molecule has 3 nitrogen and oxygen atoms in total. The molecule has 0 aliphatic carbocycles. The average molecular weight is 232 g/mol. The molecule has 0 aromatic carbocycles. The van der Waals surface area contributed by atoms with Gasteiger partial charge in [0.1, 0.15) is 0 Å². The van der Waals surface area contributed by atoms with Crippen molar-refractivity contribution in [3.8, 4) is 5.19 Å². The third kappa shape index (κ3) is 2.56. The first kappa shape index (κ1) is 11.2. The Morgan fingerprint density at radius 2 is 2.21 bits per heavy atom. The van der Waals surface area contributed by atoms with Gasteiger partial charge in [0.15, 0.2) is 10.9 Å². The van der Waals surface area contributed by atoms with E-state index in [1.165, 1.54) is 25.4 Å². The Labute approximate surface area is 91.4 Å². The van der Waals surface area contributed by atoms with Crippen LogP contribution in [0.3, 0.4) is 0 Å². The molecule has 0 aliphatic rings. The van der Waals surface area contributed by atoms with Gasteiger partial charge in [0.2, 0.25) is 0 Å². The van der Waals surface area contributed by atoms with E-state index in [1.54, 1.807) is 13.0 Å². The molecule has 0 spiro atoms. The van der Waals surface area contributed by atoms with E-state index < -0.39 is 0 Å². The number of halogens is 1. The summed E-state index contributed by atoms with van der Waals surface area (Å²) >= 11 is 7.15. The minimum atomic E-state index is 0.0217. The number of methoxy groups -OCH3 is 1. The maximum Gasteiger partial charge on any atom is 0.274 e. The maximum atomic E-state index is 11.0. The number of hydrogen-bond acceptors (Lipinski definition) is 4. The van der Waals surface area contributed by atoms with Gasteiger partial charge in [-0.15, -0.1) is 0 Å². The highest BCUT2D eigenvalue weighted by Crippen LogP contribution is 2.30. The number of allylic oxidation sites excluding steroid dienone is 1. The number of aromatic nitrogens is 1. The van der Waals surface area contributed by atoms with Gasteiger partial charge < -0.3 is 4.74 Å². The van der Waals surface area contributed by atoms with Gasteiger partial charge in [-0.05, 0) is 25.5 Å². The summed E-state index contributed by atoms with van der Waals surface area (Å²) in [6, 6.07) is 0.